The van der Waals surface area contributed by atoms with Crippen molar-refractivity contribution in [3.8, 4) is 5.82 Å². The van der Waals surface area contributed by atoms with Crippen molar-refractivity contribution >= 4 is 23.6 Å². The molecular weight excluding hydrogens is 444 g/mol. The summed E-state index contributed by atoms with van der Waals surface area (Å²) >= 11 is 0. The van der Waals surface area contributed by atoms with Gasteiger partial charge >= 0.3 is 0 Å². The number of amides is 1. The molecule has 0 bridgehead atoms. The average molecular weight is 468 g/mol. The third-order valence-corrected chi connectivity index (χ3v) is 5.77. The Hall–Kier alpha value is -4.20. The van der Waals surface area contributed by atoms with Crippen LogP contribution in [-0.4, -0.2) is 60.3 Å². The van der Waals surface area contributed by atoms with Crippen LogP contribution in [0.5, 0.6) is 0 Å². The molecule has 1 aliphatic rings. The summed E-state index contributed by atoms with van der Waals surface area (Å²) in [5.74, 6) is -0.502. The summed E-state index contributed by atoms with van der Waals surface area (Å²) in [6.07, 6.45) is 6.85. The molecule has 1 aromatic carbocycles. The molecule has 14 nitrogen and oxygen atoms in total. The molecule has 178 valence electrons. The van der Waals surface area contributed by atoms with Gasteiger partial charge in [-0.2, -0.15) is 9.78 Å². The van der Waals surface area contributed by atoms with E-state index in [4.69, 9.17) is 5.73 Å². The second-order valence-corrected chi connectivity index (χ2v) is 7.99. The molecule has 4 rings (SSSR count). The Morgan fingerprint density at radius 1 is 1.35 bits per heavy atom. The molecule has 0 atom stereocenters. The standard InChI is InChI=1S/C20H24N10O4/c1-28(14-8-3-2-4-9-14)12-16-17(23-27-29(16)19-18(21)25-34-26-19)20(31)24-22-11-13-7-5-6-10-15(13)30(32)33/h5-7,10-11,14H,2-4,8-9,12H2,1H3,(H2,21,25)(H,24,31)/b22-11-. The molecule has 0 spiro atoms. The number of anilines is 1. The van der Waals surface area contributed by atoms with Crippen LogP contribution < -0.4 is 11.2 Å². The minimum absolute atomic E-state index is 0.00726. The van der Waals surface area contributed by atoms with E-state index in [1.807, 2.05) is 7.05 Å². The second-order valence-electron chi connectivity index (χ2n) is 7.99. The van der Waals surface area contributed by atoms with Crippen molar-refractivity contribution in [3.63, 3.8) is 0 Å². The zero-order chi connectivity index (χ0) is 24.1. The molecule has 3 N–H and O–H groups in total. The number of carbonyl (C=O) groups is 1. The van der Waals surface area contributed by atoms with E-state index in [1.165, 1.54) is 29.4 Å². The summed E-state index contributed by atoms with van der Waals surface area (Å²) in [7, 11) is 1.98. The molecular formula is C20H24N10O4. The van der Waals surface area contributed by atoms with E-state index >= 15 is 0 Å². The number of aromatic nitrogens is 5. The van der Waals surface area contributed by atoms with Crippen molar-refractivity contribution in [1.29, 1.82) is 0 Å². The fourth-order valence-electron chi connectivity index (χ4n) is 3.99. The van der Waals surface area contributed by atoms with E-state index in [1.54, 1.807) is 12.1 Å². The first-order valence-corrected chi connectivity index (χ1v) is 10.8. The maximum Gasteiger partial charge on any atom is 0.293 e. The molecule has 1 aliphatic carbocycles. The summed E-state index contributed by atoms with van der Waals surface area (Å²) in [4.78, 5) is 25.7. The van der Waals surface area contributed by atoms with Crippen LogP contribution in [0.1, 0.15) is 53.8 Å². The Bertz CT molecular complexity index is 1200. The highest BCUT2D eigenvalue weighted by molar-refractivity contribution is 5.94. The first kappa shape index (κ1) is 23.0. The monoisotopic (exact) mass is 468 g/mol. The van der Waals surface area contributed by atoms with Gasteiger partial charge in [0.05, 0.1) is 22.4 Å². The highest BCUT2D eigenvalue weighted by Gasteiger charge is 2.27. The SMILES string of the molecule is CN(Cc1c(C(=O)N/N=C\c2ccccc2[N+](=O)[O-])nnn1-c1nonc1N)C1CCCCC1. The molecule has 2 aromatic heterocycles. The summed E-state index contributed by atoms with van der Waals surface area (Å²) in [6.45, 7) is 0.348. The highest BCUT2D eigenvalue weighted by Crippen LogP contribution is 2.24. The first-order chi connectivity index (χ1) is 16.5. The van der Waals surface area contributed by atoms with Gasteiger partial charge in [-0.25, -0.2) is 10.1 Å². The van der Waals surface area contributed by atoms with Gasteiger partial charge in [0, 0.05) is 18.7 Å². The van der Waals surface area contributed by atoms with Crippen molar-refractivity contribution in [1.82, 2.24) is 35.6 Å². The Kier molecular flexibility index (Phi) is 6.87. The Morgan fingerprint density at radius 2 is 2.12 bits per heavy atom. The van der Waals surface area contributed by atoms with Crippen molar-refractivity contribution < 1.29 is 14.3 Å². The minimum Gasteiger partial charge on any atom is -0.378 e. The summed E-state index contributed by atoms with van der Waals surface area (Å²) in [6, 6.07) is 6.42. The lowest BCUT2D eigenvalue weighted by Gasteiger charge is -2.31. The van der Waals surface area contributed by atoms with Crippen molar-refractivity contribution in [2.75, 3.05) is 12.8 Å². The van der Waals surface area contributed by atoms with Gasteiger partial charge in [0.25, 0.3) is 11.6 Å². The summed E-state index contributed by atoms with van der Waals surface area (Å²) in [5.41, 5.74) is 8.77. The maximum absolute atomic E-state index is 12.9. The van der Waals surface area contributed by atoms with Gasteiger partial charge in [0.2, 0.25) is 11.6 Å². The van der Waals surface area contributed by atoms with Gasteiger partial charge in [-0.1, -0.05) is 36.6 Å². The zero-order valence-electron chi connectivity index (χ0n) is 18.5. The minimum atomic E-state index is -0.636. The smallest absolute Gasteiger partial charge is 0.293 e. The topological polar surface area (TPSA) is 183 Å². The second kappa shape index (κ2) is 10.2. The number of nitrogens with zero attached hydrogens (tertiary/aromatic N) is 8. The van der Waals surface area contributed by atoms with Crippen LogP contribution >= 0.6 is 0 Å². The van der Waals surface area contributed by atoms with Gasteiger partial charge in [-0.3, -0.25) is 19.8 Å². The number of benzene rings is 1. The first-order valence-electron chi connectivity index (χ1n) is 10.8. The molecule has 14 heteroatoms. The van der Waals surface area contributed by atoms with Gasteiger partial charge in [0.1, 0.15) is 0 Å². The Labute approximate surface area is 193 Å². The van der Waals surface area contributed by atoms with Crippen LogP contribution in [0, 0.1) is 10.1 Å². The van der Waals surface area contributed by atoms with Crippen LogP contribution in [-0.2, 0) is 6.54 Å². The molecule has 0 saturated heterocycles. The van der Waals surface area contributed by atoms with E-state index in [-0.39, 0.29) is 28.6 Å². The predicted octanol–water partition coefficient (Wildman–Crippen LogP) is 1.67. The molecule has 1 fully saturated rings. The largest absolute Gasteiger partial charge is 0.378 e. The number of carbonyl (C=O) groups excluding carboxylic acids is 1. The van der Waals surface area contributed by atoms with Crippen LogP contribution in [0.15, 0.2) is 34.0 Å². The summed E-state index contributed by atoms with van der Waals surface area (Å²) < 4.78 is 6.01. The number of hydrazone groups is 1. The van der Waals surface area contributed by atoms with E-state index < -0.39 is 10.8 Å². The van der Waals surface area contributed by atoms with Crippen LogP contribution in [0.4, 0.5) is 11.5 Å². The molecule has 3 aromatic rings. The van der Waals surface area contributed by atoms with Gasteiger partial charge in [-0.15, -0.1) is 5.10 Å². The Balaban J connectivity index is 1.58. The predicted molar refractivity (Wildman–Crippen MR) is 120 cm³/mol. The third kappa shape index (κ3) is 4.91. The highest BCUT2D eigenvalue weighted by atomic mass is 16.6. The number of nitrogens with two attached hydrogens (primary N) is 1. The van der Waals surface area contributed by atoms with E-state index in [0.29, 0.717) is 18.3 Å². The van der Waals surface area contributed by atoms with E-state index in [9.17, 15) is 14.9 Å². The van der Waals surface area contributed by atoms with Crippen molar-refractivity contribution in [2.45, 2.75) is 44.7 Å². The van der Waals surface area contributed by atoms with Crippen LogP contribution in [0.25, 0.3) is 5.82 Å². The number of nitro benzene ring substituents is 1. The number of nitrogen functional groups attached to an aromatic ring is 1. The number of hydrogen-bond acceptors (Lipinski definition) is 11. The van der Waals surface area contributed by atoms with Gasteiger partial charge in [-0.05, 0) is 36.3 Å². The molecule has 1 amide bonds. The number of nitro groups is 1. The lowest BCUT2D eigenvalue weighted by molar-refractivity contribution is -0.385. The third-order valence-electron chi connectivity index (χ3n) is 5.77. The molecule has 1 saturated carbocycles. The van der Waals surface area contributed by atoms with Crippen molar-refractivity contribution in [3.05, 3.63) is 51.3 Å². The normalized spacial score (nSPS) is 14.6. The summed E-state index contributed by atoms with van der Waals surface area (Å²) in [5, 5.41) is 30.4. The maximum atomic E-state index is 12.9. The van der Waals surface area contributed by atoms with Gasteiger partial charge in [0.15, 0.2) is 5.69 Å². The molecule has 0 radical (unpaired) electrons. The fraction of sp³-hybridized carbons (Fsp3) is 0.400. The average Bonchev–Trinajstić information content (AvgIpc) is 3.45. The molecule has 34 heavy (non-hydrogen) atoms. The van der Waals surface area contributed by atoms with Gasteiger partial charge < -0.3 is 5.73 Å². The number of hydrogen-bond donors (Lipinski definition) is 2. The fourth-order valence-corrected chi connectivity index (χ4v) is 3.99. The number of rotatable bonds is 8. The van der Waals surface area contributed by atoms with E-state index in [2.05, 4.69) is 40.7 Å². The molecule has 2 heterocycles. The molecule has 0 unspecified atom stereocenters. The molecule has 0 aliphatic heterocycles. The van der Waals surface area contributed by atoms with E-state index in [0.717, 1.165) is 25.7 Å². The zero-order valence-corrected chi connectivity index (χ0v) is 18.5. The Morgan fingerprint density at radius 3 is 2.82 bits per heavy atom. The lowest BCUT2D eigenvalue weighted by Crippen LogP contribution is -2.34. The number of nitrogens with one attached hydrogen (secondary N) is 1. The van der Waals surface area contributed by atoms with Crippen molar-refractivity contribution in [2.24, 2.45) is 5.10 Å². The lowest BCUT2D eigenvalue weighted by atomic mass is 9.94. The quantitative estimate of drug-likeness (QED) is 0.280. The number of para-hydroxylation sites is 1. The van der Waals surface area contributed by atoms with Crippen LogP contribution in [0.2, 0.25) is 0 Å². The van der Waals surface area contributed by atoms with Crippen LogP contribution in [0.3, 0.4) is 0 Å².